The highest BCUT2D eigenvalue weighted by atomic mass is 14.5. The minimum Gasteiger partial charge on any atom is -0.0738 e. The zero-order valence-electron chi connectivity index (χ0n) is 7.62. The summed E-state index contributed by atoms with van der Waals surface area (Å²) in [6, 6.07) is 0. The lowest BCUT2D eigenvalue weighted by molar-refractivity contribution is 0.577. The van der Waals surface area contributed by atoms with Crippen molar-refractivity contribution in [3.8, 4) is 0 Å². The van der Waals surface area contributed by atoms with E-state index in [1.165, 1.54) is 19.3 Å². The topological polar surface area (TPSA) is 0 Å². The van der Waals surface area contributed by atoms with Gasteiger partial charge in [-0.2, -0.15) is 0 Å². The molecule has 0 amide bonds. The molecule has 0 saturated heterocycles. The third-order valence-electron chi connectivity index (χ3n) is 3.00. The average Bonchev–Trinajstić information content (AvgIpc) is 2.62. The van der Waals surface area contributed by atoms with Gasteiger partial charge in [0.05, 0.1) is 0 Å². The summed E-state index contributed by atoms with van der Waals surface area (Å²) in [7, 11) is 0. The zero-order valence-corrected chi connectivity index (χ0v) is 7.62. The molecule has 1 fully saturated rings. The van der Waals surface area contributed by atoms with E-state index in [1.54, 1.807) is 11.1 Å². The second kappa shape index (κ2) is 2.41. The molecule has 1 rings (SSSR count). The minimum absolute atomic E-state index is 0.611. The van der Waals surface area contributed by atoms with E-state index >= 15 is 0 Å². The first-order valence-corrected chi connectivity index (χ1v) is 4.33. The van der Waals surface area contributed by atoms with Crippen LogP contribution >= 0.6 is 0 Å². The molecule has 0 radical (unpaired) electrons. The molecule has 0 nitrogen and oxygen atoms in total. The molecule has 58 valence electrons. The third-order valence-corrected chi connectivity index (χ3v) is 3.00. The van der Waals surface area contributed by atoms with E-state index in [4.69, 9.17) is 0 Å². The van der Waals surface area contributed by atoms with Gasteiger partial charge in [0.2, 0.25) is 0 Å². The van der Waals surface area contributed by atoms with Gasteiger partial charge in [-0.25, -0.2) is 0 Å². The molecule has 0 aromatic rings. The third kappa shape index (κ3) is 1.12. The van der Waals surface area contributed by atoms with Crippen molar-refractivity contribution in [2.24, 2.45) is 5.41 Å². The van der Waals surface area contributed by atoms with Crippen molar-refractivity contribution in [1.29, 1.82) is 0 Å². The summed E-state index contributed by atoms with van der Waals surface area (Å²) in [4.78, 5) is 0. The first-order chi connectivity index (χ1) is 4.64. The van der Waals surface area contributed by atoms with E-state index < -0.39 is 0 Å². The van der Waals surface area contributed by atoms with Crippen LogP contribution < -0.4 is 0 Å². The van der Waals surface area contributed by atoms with Crippen LogP contribution in [0, 0.1) is 5.41 Å². The van der Waals surface area contributed by atoms with E-state index in [9.17, 15) is 0 Å². The van der Waals surface area contributed by atoms with Crippen molar-refractivity contribution < 1.29 is 0 Å². The van der Waals surface area contributed by atoms with Crippen LogP contribution in [-0.2, 0) is 0 Å². The van der Waals surface area contributed by atoms with Crippen molar-refractivity contribution in [3.05, 3.63) is 11.1 Å². The van der Waals surface area contributed by atoms with Crippen LogP contribution in [-0.4, -0.2) is 0 Å². The Morgan fingerprint density at radius 1 is 1.50 bits per heavy atom. The molecule has 1 aliphatic carbocycles. The largest absolute Gasteiger partial charge is 0.0738 e. The smallest absolute Gasteiger partial charge is 0.00787 e. The quantitative estimate of drug-likeness (QED) is 0.512. The lowest BCUT2D eigenvalue weighted by atomic mass is 10.0. The monoisotopic (exact) mass is 138 g/mol. The number of allylic oxidation sites excluding steroid dienone is 2. The van der Waals surface area contributed by atoms with E-state index in [1.807, 2.05) is 0 Å². The Bertz CT molecular complexity index is 165. The van der Waals surface area contributed by atoms with Crippen molar-refractivity contribution in [1.82, 2.24) is 0 Å². The summed E-state index contributed by atoms with van der Waals surface area (Å²) in [5.74, 6) is 0. The van der Waals surface area contributed by atoms with Gasteiger partial charge in [-0.15, -0.1) is 0 Å². The minimum atomic E-state index is 0.611. The van der Waals surface area contributed by atoms with Gasteiger partial charge in [-0.05, 0) is 31.6 Å². The van der Waals surface area contributed by atoms with Crippen LogP contribution in [0.1, 0.15) is 47.0 Å². The molecule has 0 spiro atoms. The van der Waals surface area contributed by atoms with Gasteiger partial charge < -0.3 is 0 Å². The summed E-state index contributed by atoms with van der Waals surface area (Å²) in [5.41, 5.74) is 3.97. The Morgan fingerprint density at radius 2 is 2.10 bits per heavy atom. The molecular weight excluding hydrogens is 120 g/mol. The lowest BCUT2D eigenvalue weighted by Crippen LogP contribution is -1.89. The van der Waals surface area contributed by atoms with Crippen LogP contribution in [0.2, 0.25) is 0 Å². The van der Waals surface area contributed by atoms with Gasteiger partial charge in [0.15, 0.2) is 0 Å². The normalized spacial score (nSPS) is 36.0. The molecular formula is C10H18. The van der Waals surface area contributed by atoms with Gasteiger partial charge in [0.1, 0.15) is 0 Å². The second-order valence-electron chi connectivity index (χ2n) is 3.70. The van der Waals surface area contributed by atoms with E-state index in [-0.39, 0.29) is 0 Å². The van der Waals surface area contributed by atoms with Crippen molar-refractivity contribution in [2.75, 3.05) is 0 Å². The summed E-state index contributed by atoms with van der Waals surface area (Å²) in [6.07, 6.45) is 3.92. The number of hydrogen-bond donors (Lipinski definition) is 0. The van der Waals surface area contributed by atoms with Crippen LogP contribution in [0.3, 0.4) is 0 Å². The van der Waals surface area contributed by atoms with Crippen LogP contribution in [0.25, 0.3) is 0 Å². The highest BCUT2D eigenvalue weighted by Gasteiger charge is 2.42. The first kappa shape index (κ1) is 7.84. The molecule has 0 aromatic carbocycles. The Kier molecular flexibility index (Phi) is 1.89. The van der Waals surface area contributed by atoms with Gasteiger partial charge in [-0.3, -0.25) is 0 Å². The van der Waals surface area contributed by atoms with Crippen molar-refractivity contribution in [3.63, 3.8) is 0 Å². The van der Waals surface area contributed by atoms with Crippen LogP contribution in [0.4, 0.5) is 0 Å². The maximum atomic E-state index is 2.38. The van der Waals surface area contributed by atoms with Crippen LogP contribution in [0.15, 0.2) is 11.1 Å². The number of rotatable bonds is 2. The Hall–Kier alpha value is -0.260. The fraction of sp³-hybridized carbons (Fsp3) is 0.800. The Morgan fingerprint density at radius 3 is 2.40 bits per heavy atom. The summed E-state index contributed by atoms with van der Waals surface area (Å²) < 4.78 is 0. The Labute approximate surface area is 64.3 Å². The molecule has 0 aliphatic heterocycles. The molecule has 0 N–H and O–H groups in total. The summed E-state index contributed by atoms with van der Waals surface area (Å²) in [5, 5.41) is 0. The maximum absolute atomic E-state index is 2.38. The molecule has 0 heteroatoms. The molecule has 0 aromatic heterocycles. The zero-order chi connectivity index (χ0) is 7.78. The molecule has 10 heavy (non-hydrogen) atoms. The predicted octanol–water partition coefficient (Wildman–Crippen LogP) is 3.53. The van der Waals surface area contributed by atoms with Crippen LogP contribution in [0.5, 0.6) is 0 Å². The number of hydrogen-bond acceptors (Lipinski definition) is 0. The highest BCUT2D eigenvalue weighted by molar-refractivity contribution is 5.35. The molecule has 1 unspecified atom stereocenters. The fourth-order valence-electron chi connectivity index (χ4n) is 1.56. The maximum Gasteiger partial charge on any atom is -0.00787 e. The fourth-order valence-corrected chi connectivity index (χ4v) is 1.56. The van der Waals surface area contributed by atoms with E-state index in [0.29, 0.717) is 5.41 Å². The SMILES string of the molecule is CC/C(C)=C1/CC1(C)CC. The van der Waals surface area contributed by atoms with Crippen molar-refractivity contribution in [2.45, 2.75) is 47.0 Å². The van der Waals surface area contributed by atoms with Gasteiger partial charge in [0, 0.05) is 0 Å². The standard InChI is InChI=1S/C10H18/c1-5-8(3)9-7-10(9,4)6-2/h5-7H2,1-4H3/b9-8-. The first-order valence-electron chi connectivity index (χ1n) is 4.33. The van der Waals surface area contributed by atoms with Gasteiger partial charge in [-0.1, -0.05) is 31.9 Å². The van der Waals surface area contributed by atoms with Crippen molar-refractivity contribution >= 4 is 0 Å². The molecule has 1 atom stereocenters. The lowest BCUT2D eigenvalue weighted by Gasteiger charge is -2.02. The van der Waals surface area contributed by atoms with E-state index in [2.05, 4.69) is 27.7 Å². The second-order valence-corrected chi connectivity index (χ2v) is 3.70. The van der Waals surface area contributed by atoms with Gasteiger partial charge in [0.25, 0.3) is 0 Å². The molecule has 0 heterocycles. The highest BCUT2D eigenvalue weighted by Crippen LogP contribution is 2.56. The summed E-state index contributed by atoms with van der Waals surface area (Å²) >= 11 is 0. The Balaban J connectivity index is 2.66. The molecule has 0 bridgehead atoms. The van der Waals surface area contributed by atoms with Gasteiger partial charge >= 0.3 is 0 Å². The summed E-state index contributed by atoms with van der Waals surface area (Å²) in [6.45, 7) is 9.18. The average molecular weight is 138 g/mol. The molecule has 1 aliphatic rings. The van der Waals surface area contributed by atoms with E-state index in [0.717, 1.165) is 0 Å². The predicted molar refractivity (Wildman–Crippen MR) is 46.0 cm³/mol. The molecule has 1 saturated carbocycles.